The Balaban J connectivity index is 2.06. The maximum absolute atomic E-state index is 5.62. The number of nitrogens with one attached hydrogen (secondary N) is 1. The molecule has 1 N–H and O–H groups in total. The van der Waals surface area contributed by atoms with E-state index in [0.29, 0.717) is 6.04 Å². The van der Waals surface area contributed by atoms with Crippen molar-refractivity contribution in [3.05, 3.63) is 24.3 Å². The van der Waals surface area contributed by atoms with Crippen LogP contribution in [-0.2, 0) is 0 Å². The van der Waals surface area contributed by atoms with E-state index >= 15 is 0 Å². The van der Waals surface area contributed by atoms with Crippen LogP contribution < -0.4 is 10.1 Å². The average Bonchev–Trinajstić information content (AvgIpc) is 3.12. The fraction of sp³-hybridized carbons (Fsp3) is 0.571. The lowest BCUT2D eigenvalue weighted by molar-refractivity contribution is 0.341. The van der Waals surface area contributed by atoms with Crippen molar-refractivity contribution in [2.75, 3.05) is 11.9 Å². The van der Waals surface area contributed by atoms with Crippen LogP contribution in [0.4, 0.5) is 5.69 Å². The molecule has 88 valence electrons. The van der Waals surface area contributed by atoms with Crippen LogP contribution >= 0.6 is 0 Å². The molecule has 2 heteroatoms. The Hall–Kier alpha value is -1.18. The highest BCUT2D eigenvalue weighted by atomic mass is 16.5. The zero-order valence-electron chi connectivity index (χ0n) is 10.2. The highest BCUT2D eigenvalue weighted by molar-refractivity contribution is 5.56. The summed E-state index contributed by atoms with van der Waals surface area (Å²) in [6.45, 7) is 4.99. The smallest absolute Gasteiger partial charge is 0.142 e. The minimum Gasteiger partial charge on any atom is -0.492 e. The second-order valence-corrected chi connectivity index (χ2v) is 4.43. The molecular formula is C14H21NO. The van der Waals surface area contributed by atoms with E-state index in [9.17, 15) is 0 Å². The number of ether oxygens (including phenoxy) is 1. The van der Waals surface area contributed by atoms with E-state index in [1.54, 1.807) is 0 Å². The Morgan fingerprint density at radius 2 is 2.06 bits per heavy atom. The first-order valence-electron chi connectivity index (χ1n) is 6.33. The third-order valence-corrected chi connectivity index (χ3v) is 3.16. The van der Waals surface area contributed by atoms with Crippen LogP contribution in [0.5, 0.6) is 5.75 Å². The first-order chi connectivity index (χ1) is 7.85. The van der Waals surface area contributed by atoms with Crippen LogP contribution in [0.2, 0.25) is 0 Å². The van der Waals surface area contributed by atoms with Gasteiger partial charge in [0.2, 0.25) is 0 Å². The van der Waals surface area contributed by atoms with Crippen molar-refractivity contribution in [3.8, 4) is 5.75 Å². The summed E-state index contributed by atoms with van der Waals surface area (Å²) in [7, 11) is 0. The third kappa shape index (κ3) is 2.69. The van der Waals surface area contributed by atoms with Gasteiger partial charge in [-0.2, -0.15) is 0 Å². The second-order valence-electron chi connectivity index (χ2n) is 4.43. The van der Waals surface area contributed by atoms with Crippen LogP contribution in [-0.4, -0.2) is 12.6 Å². The molecule has 0 heterocycles. The molecule has 1 aromatic carbocycles. The first-order valence-corrected chi connectivity index (χ1v) is 6.33. The molecule has 2 rings (SSSR count). The maximum atomic E-state index is 5.62. The third-order valence-electron chi connectivity index (χ3n) is 3.16. The van der Waals surface area contributed by atoms with Crippen LogP contribution in [0.3, 0.4) is 0 Å². The molecule has 16 heavy (non-hydrogen) atoms. The van der Waals surface area contributed by atoms with Gasteiger partial charge in [-0.05, 0) is 44.2 Å². The van der Waals surface area contributed by atoms with Crippen LogP contribution in [0, 0.1) is 5.92 Å². The molecule has 0 spiro atoms. The van der Waals surface area contributed by atoms with E-state index in [4.69, 9.17) is 4.74 Å². The van der Waals surface area contributed by atoms with Crippen molar-refractivity contribution in [3.63, 3.8) is 0 Å². The molecule has 0 bridgehead atoms. The van der Waals surface area contributed by atoms with Crippen molar-refractivity contribution < 1.29 is 4.74 Å². The lowest BCUT2D eigenvalue weighted by atomic mass is 10.1. The average molecular weight is 219 g/mol. The van der Waals surface area contributed by atoms with Gasteiger partial charge in [-0.25, -0.2) is 0 Å². The van der Waals surface area contributed by atoms with E-state index in [1.807, 2.05) is 19.1 Å². The van der Waals surface area contributed by atoms with E-state index < -0.39 is 0 Å². The van der Waals surface area contributed by atoms with Gasteiger partial charge in [-0.15, -0.1) is 0 Å². The van der Waals surface area contributed by atoms with Gasteiger partial charge in [0.1, 0.15) is 5.75 Å². The summed E-state index contributed by atoms with van der Waals surface area (Å²) < 4.78 is 5.62. The number of para-hydroxylation sites is 2. The van der Waals surface area contributed by atoms with E-state index in [0.717, 1.165) is 24.0 Å². The number of rotatable bonds is 6. The van der Waals surface area contributed by atoms with Gasteiger partial charge in [-0.3, -0.25) is 0 Å². The van der Waals surface area contributed by atoms with Crippen molar-refractivity contribution >= 4 is 5.69 Å². The highest BCUT2D eigenvalue weighted by Crippen LogP contribution is 2.37. The molecule has 1 unspecified atom stereocenters. The summed E-state index contributed by atoms with van der Waals surface area (Å²) >= 11 is 0. The van der Waals surface area contributed by atoms with Gasteiger partial charge >= 0.3 is 0 Å². The molecule has 2 nitrogen and oxygen atoms in total. The van der Waals surface area contributed by atoms with Crippen molar-refractivity contribution in [1.29, 1.82) is 0 Å². The van der Waals surface area contributed by atoms with Crippen LogP contribution in [0.25, 0.3) is 0 Å². The quantitative estimate of drug-likeness (QED) is 0.788. The summed E-state index contributed by atoms with van der Waals surface area (Å²) in [5.41, 5.74) is 1.14. The molecule has 0 saturated heterocycles. The van der Waals surface area contributed by atoms with E-state index in [1.165, 1.54) is 19.3 Å². The Bertz CT molecular complexity index is 333. The topological polar surface area (TPSA) is 21.3 Å². The standard InChI is InChI=1S/C14H21NO/c1-3-12(11-9-10-11)15-13-7-5-6-8-14(13)16-4-2/h5-8,11-12,15H,3-4,9-10H2,1-2H3. The molecule has 0 aliphatic heterocycles. The van der Waals surface area contributed by atoms with E-state index in [-0.39, 0.29) is 0 Å². The normalized spacial score (nSPS) is 16.9. The van der Waals surface area contributed by atoms with Crippen molar-refractivity contribution in [2.45, 2.75) is 39.2 Å². The lowest BCUT2D eigenvalue weighted by Crippen LogP contribution is -2.21. The zero-order valence-corrected chi connectivity index (χ0v) is 10.2. The minimum atomic E-state index is 0.613. The minimum absolute atomic E-state index is 0.613. The first kappa shape index (κ1) is 11.3. The summed E-state index contributed by atoms with van der Waals surface area (Å²) in [6, 6.07) is 8.84. The molecule has 0 amide bonds. The zero-order chi connectivity index (χ0) is 11.4. The van der Waals surface area contributed by atoms with Gasteiger partial charge < -0.3 is 10.1 Å². The second kappa shape index (κ2) is 5.24. The summed E-state index contributed by atoms with van der Waals surface area (Å²) in [5.74, 6) is 1.85. The fourth-order valence-corrected chi connectivity index (χ4v) is 2.12. The predicted molar refractivity (Wildman–Crippen MR) is 68.0 cm³/mol. The van der Waals surface area contributed by atoms with Crippen LogP contribution in [0.15, 0.2) is 24.3 Å². The molecule has 1 atom stereocenters. The number of anilines is 1. The molecule has 0 aromatic heterocycles. The molecule has 1 fully saturated rings. The van der Waals surface area contributed by atoms with Crippen LogP contribution in [0.1, 0.15) is 33.1 Å². The Morgan fingerprint density at radius 3 is 2.69 bits per heavy atom. The Kier molecular flexibility index (Phi) is 3.70. The fourth-order valence-electron chi connectivity index (χ4n) is 2.12. The van der Waals surface area contributed by atoms with Crippen molar-refractivity contribution in [2.24, 2.45) is 5.92 Å². The number of benzene rings is 1. The van der Waals surface area contributed by atoms with E-state index in [2.05, 4.69) is 24.4 Å². The molecule has 1 aliphatic carbocycles. The Morgan fingerprint density at radius 1 is 1.31 bits per heavy atom. The molecule has 1 saturated carbocycles. The number of hydrogen-bond donors (Lipinski definition) is 1. The van der Waals surface area contributed by atoms with Gasteiger partial charge in [-0.1, -0.05) is 19.1 Å². The maximum Gasteiger partial charge on any atom is 0.142 e. The molecule has 1 aromatic rings. The van der Waals surface area contributed by atoms with Gasteiger partial charge in [0.25, 0.3) is 0 Å². The van der Waals surface area contributed by atoms with Gasteiger partial charge in [0.15, 0.2) is 0 Å². The highest BCUT2D eigenvalue weighted by Gasteiger charge is 2.30. The largest absolute Gasteiger partial charge is 0.492 e. The lowest BCUT2D eigenvalue weighted by Gasteiger charge is -2.19. The number of hydrogen-bond acceptors (Lipinski definition) is 2. The molecule has 0 radical (unpaired) electrons. The summed E-state index contributed by atoms with van der Waals surface area (Å²) in [5, 5.41) is 3.62. The Labute approximate surface area is 98.0 Å². The summed E-state index contributed by atoms with van der Waals surface area (Å²) in [4.78, 5) is 0. The van der Waals surface area contributed by atoms with Gasteiger partial charge in [0, 0.05) is 6.04 Å². The monoisotopic (exact) mass is 219 g/mol. The molecular weight excluding hydrogens is 198 g/mol. The summed E-state index contributed by atoms with van der Waals surface area (Å²) in [6.07, 6.45) is 3.94. The van der Waals surface area contributed by atoms with Crippen molar-refractivity contribution in [1.82, 2.24) is 0 Å². The van der Waals surface area contributed by atoms with Gasteiger partial charge in [0.05, 0.1) is 12.3 Å². The molecule has 1 aliphatic rings. The predicted octanol–water partition coefficient (Wildman–Crippen LogP) is 3.69. The SMILES string of the molecule is CCOc1ccccc1NC(CC)C1CC1.